The summed E-state index contributed by atoms with van der Waals surface area (Å²) >= 11 is 0. The van der Waals surface area contributed by atoms with Crippen LogP contribution in [0.25, 0.3) is 0 Å². The normalized spacial score (nSPS) is 30.7. The van der Waals surface area contributed by atoms with Crippen LogP contribution >= 0.6 is 0 Å². The summed E-state index contributed by atoms with van der Waals surface area (Å²) in [6.45, 7) is 0. The number of hydrogen-bond donors (Lipinski definition) is 0. The molecule has 0 aromatic rings. The summed E-state index contributed by atoms with van der Waals surface area (Å²) in [6.07, 6.45) is 0.684. The van der Waals surface area contributed by atoms with Crippen molar-refractivity contribution in [3.8, 4) is 6.07 Å². The van der Waals surface area contributed by atoms with Crippen molar-refractivity contribution in [2.75, 3.05) is 7.11 Å². The number of carbonyl (C=O) groups is 1. The molecule has 0 aromatic heterocycles. The minimum absolute atomic E-state index is 0.0718. The van der Waals surface area contributed by atoms with Crippen molar-refractivity contribution in [1.82, 2.24) is 0 Å². The van der Waals surface area contributed by atoms with E-state index in [-0.39, 0.29) is 17.8 Å². The number of nitrogens with zero attached hydrogens (tertiary/aromatic N) is 1. The van der Waals surface area contributed by atoms with E-state index in [2.05, 4.69) is 4.74 Å². The van der Waals surface area contributed by atoms with Gasteiger partial charge in [-0.05, 0) is 6.42 Å². The number of esters is 1. The maximum atomic E-state index is 10.6. The van der Waals surface area contributed by atoms with Gasteiger partial charge in [0.2, 0.25) is 0 Å². The van der Waals surface area contributed by atoms with Crippen LogP contribution in [0.2, 0.25) is 0 Å². The third-order valence-corrected chi connectivity index (χ3v) is 1.46. The Morgan fingerprint density at radius 3 is 2.89 bits per heavy atom. The zero-order chi connectivity index (χ0) is 6.85. The first-order valence-electron chi connectivity index (χ1n) is 2.77. The maximum absolute atomic E-state index is 10.6. The van der Waals surface area contributed by atoms with E-state index >= 15 is 0 Å². The molecule has 48 valence electrons. The zero-order valence-corrected chi connectivity index (χ0v) is 5.13. The van der Waals surface area contributed by atoms with Crippen molar-refractivity contribution in [2.24, 2.45) is 11.8 Å². The average Bonchev–Trinajstić information content (AvgIpc) is 2.64. The average molecular weight is 125 g/mol. The molecule has 0 spiro atoms. The molecule has 0 bridgehead atoms. The molecule has 0 heterocycles. The van der Waals surface area contributed by atoms with Crippen LogP contribution in [0.4, 0.5) is 0 Å². The molecule has 3 nitrogen and oxygen atoms in total. The first kappa shape index (κ1) is 6.09. The Bertz CT molecular complexity index is 170. The smallest absolute Gasteiger partial charge is 0.310 e. The molecule has 0 N–H and O–H groups in total. The molecule has 0 amide bonds. The topological polar surface area (TPSA) is 50.1 Å². The summed E-state index contributed by atoms with van der Waals surface area (Å²) in [5.74, 6) is -0.445. The molecule has 1 rings (SSSR count). The Kier molecular flexibility index (Phi) is 1.39. The van der Waals surface area contributed by atoms with Gasteiger partial charge < -0.3 is 4.74 Å². The second kappa shape index (κ2) is 2.06. The number of rotatable bonds is 1. The summed E-state index contributed by atoms with van der Waals surface area (Å²) in [4.78, 5) is 10.6. The Morgan fingerprint density at radius 2 is 2.56 bits per heavy atom. The predicted molar refractivity (Wildman–Crippen MR) is 29.2 cm³/mol. The van der Waals surface area contributed by atoms with Gasteiger partial charge in [-0.25, -0.2) is 0 Å². The Labute approximate surface area is 53.2 Å². The fourth-order valence-electron chi connectivity index (χ4n) is 0.750. The maximum Gasteiger partial charge on any atom is 0.310 e. The van der Waals surface area contributed by atoms with E-state index < -0.39 is 0 Å². The van der Waals surface area contributed by atoms with Gasteiger partial charge in [-0.2, -0.15) is 5.26 Å². The van der Waals surface area contributed by atoms with Gasteiger partial charge in [0, 0.05) is 0 Å². The van der Waals surface area contributed by atoms with Crippen molar-refractivity contribution in [3.63, 3.8) is 0 Å². The molecule has 0 saturated heterocycles. The van der Waals surface area contributed by atoms with Crippen LogP contribution in [0.1, 0.15) is 6.42 Å². The molecule has 1 aliphatic rings. The fraction of sp³-hybridized carbons (Fsp3) is 0.667. The monoisotopic (exact) mass is 125 g/mol. The molecular formula is C6H7NO2. The van der Waals surface area contributed by atoms with Crippen LogP contribution in [0.5, 0.6) is 0 Å². The molecule has 0 aliphatic heterocycles. The van der Waals surface area contributed by atoms with Crippen molar-refractivity contribution < 1.29 is 9.53 Å². The van der Waals surface area contributed by atoms with Crippen LogP contribution in [-0.2, 0) is 9.53 Å². The zero-order valence-electron chi connectivity index (χ0n) is 5.13. The molecule has 9 heavy (non-hydrogen) atoms. The van der Waals surface area contributed by atoms with Gasteiger partial charge in [-0.15, -0.1) is 0 Å². The lowest BCUT2D eigenvalue weighted by Crippen LogP contribution is -2.03. The molecule has 0 unspecified atom stereocenters. The summed E-state index contributed by atoms with van der Waals surface area (Å²) in [5, 5.41) is 8.26. The molecule has 0 aromatic carbocycles. The van der Waals surface area contributed by atoms with E-state index in [1.807, 2.05) is 6.07 Å². The van der Waals surface area contributed by atoms with Crippen LogP contribution in [0.15, 0.2) is 0 Å². The molecule has 1 saturated carbocycles. The van der Waals surface area contributed by atoms with Gasteiger partial charge in [-0.3, -0.25) is 4.79 Å². The minimum atomic E-state index is -0.249. The highest BCUT2D eigenvalue weighted by atomic mass is 16.5. The lowest BCUT2D eigenvalue weighted by molar-refractivity contribution is -0.142. The Hall–Kier alpha value is -1.04. The van der Waals surface area contributed by atoms with Crippen molar-refractivity contribution in [3.05, 3.63) is 0 Å². The van der Waals surface area contributed by atoms with Gasteiger partial charge in [0.15, 0.2) is 0 Å². The van der Waals surface area contributed by atoms with Crippen molar-refractivity contribution in [1.29, 1.82) is 5.26 Å². The van der Waals surface area contributed by atoms with Crippen molar-refractivity contribution in [2.45, 2.75) is 6.42 Å². The van der Waals surface area contributed by atoms with E-state index in [0.717, 1.165) is 0 Å². The molecule has 1 fully saturated rings. The van der Waals surface area contributed by atoms with Crippen molar-refractivity contribution >= 4 is 5.97 Å². The lowest BCUT2D eigenvalue weighted by atomic mass is 10.3. The van der Waals surface area contributed by atoms with E-state index in [4.69, 9.17) is 5.26 Å². The van der Waals surface area contributed by atoms with Gasteiger partial charge in [0.05, 0.1) is 25.0 Å². The van der Waals surface area contributed by atoms with Gasteiger partial charge in [-0.1, -0.05) is 0 Å². The quantitative estimate of drug-likeness (QED) is 0.474. The Morgan fingerprint density at radius 1 is 1.89 bits per heavy atom. The van der Waals surface area contributed by atoms with E-state index in [9.17, 15) is 4.79 Å². The number of carbonyl (C=O) groups excluding carboxylic acids is 1. The molecule has 3 heteroatoms. The first-order chi connectivity index (χ1) is 4.29. The largest absolute Gasteiger partial charge is 0.469 e. The molecule has 1 aliphatic carbocycles. The molecular weight excluding hydrogens is 118 g/mol. The van der Waals surface area contributed by atoms with Gasteiger partial charge in [0.1, 0.15) is 0 Å². The molecule has 0 radical (unpaired) electrons. The standard InChI is InChI=1S/C6H7NO2/c1-9-6(8)5-2-4(5)3-7/h4-5H,2H2,1H3/t4-,5-/m1/s1. The summed E-state index contributed by atoms with van der Waals surface area (Å²) in [7, 11) is 1.34. The minimum Gasteiger partial charge on any atom is -0.469 e. The lowest BCUT2D eigenvalue weighted by Gasteiger charge is -1.90. The highest BCUT2D eigenvalue weighted by Crippen LogP contribution is 2.38. The number of methoxy groups -OCH3 is 1. The highest BCUT2D eigenvalue weighted by molar-refractivity contribution is 5.76. The fourth-order valence-corrected chi connectivity index (χ4v) is 0.750. The van der Waals surface area contributed by atoms with E-state index in [0.29, 0.717) is 6.42 Å². The van der Waals surface area contributed by atoms with Crippen LogP contribution in [-0.4, -0.2) is 13.1 Å². The van der Waals surface area contributed by atoms with Crippen LogP contribution in [0.3, 0.4) is 0 Å². The number of ether oxygens (including phenoxy) is 1. The predicted octanol–water partition coefficient (Wildman–Crippen LogP) is 0.319. The van der Waals surface area contributed by atoms with Gasteiger partial charge >= 0.3 is 5.97 Å². The van der Waals surface area contributed by atoms with Crippen LogP contribution < -0.4 is 0 Å². The molecule has 2 atom stereocenters. The summed E-state index contributed by atoms with van der Waals surface area (Å²) in [5.41, 5.74) is 0. The van der Waals surface area contributed by atoms with E-state index in [1.165, 1.54) is 7.11 Å². The summed E-state index contributed by atoms with van der Waals surface area (Å²) in [6, 6.07) is 2.00. The van der Waals surface area contributed by atoms with Crippen LogP contribution in [0, 0.1) is 23.2 Å². The van der Waals surface area contributed by atoms with Gasteiger partial charge in [0.25, 0.3) is 0 Å². The summed E-state index contributed by atoms with van der Waals surface area (Å²) < 4.78 is 4.42. The number of nitriles is 1. The first-order valence-corrected chi connectivity index (χ1v) is 2.77. The second-order valence-electron chi connectivity index (χ2n) is 2.10. The SMILES string of the molecule is COC(=O)[C@@H]1C[C@@H]1C#N. The highest BCUT2D eigenvalue weighted by Gasteiger charge is 2.44. The third kappa shape index (κ3) is 1.02. The van der Waals surface area contributed by atoms with E-state index in [1.54, 1.807) is 0 Å². The second-order valence-corrected chi connectivity index (χ2v) is 2.10. The third-order valence-electron chi connectivity index (χ3n) is 1.46. The Balaban J connectivity index is 2.36. The number of hydrogen-bond acceptors (Lipinski definition) is 3.